The highest BCUT2D eigenvalue weighted by Gasteiger charge is 2.22. The van der Waals surface area contributed by atoms with Crippen molar-refractivity contribution in [2.45, 2.75) is 39.3 Å². The monoisotopic (exact) mass is 504 g/mol. The molecular formula is C27H29ClN6O2. The van der Waals surface area contributed by atoms with Gasteiger partial charge >= 0.3 is 0 Å². The number of anilines is 1. The van der Waals surface area contributed by atoms with Crippen molar-refractivity contribution in [1.82, 2.24) is 25.3 Å². The Balaban J connectivity index is 1.50. The highest BCUT2D eigenvalue weighted by atomic mass is 35.5. The van der Waals surface area contributed by atoms with E-state index in [-0.39, 0.29) is 17.8 Å². The Bertz CT molecular complexity index is 1390. The van der Waals surface area contributed by atoms with Crippen LogP contribution in [-0.2, 0) is 6.54 Å². The number of benzene rings is 2. The molecule has 0 atom stereocenters. The lowest BCUT2D eigenvalue weighted by Crippen LogP contribution is -2.43. The summed E-state index contributed by atoms with van der Waals surface area (Å²) in [6, 6.07) is 13.7. The number of piperidine rings is 1. The van der Waals surface area contributed by atoms with Crippen molar-refractivity contribution in [3.8, 4) is 11.1 Å². The molecule has 1 amide bonds. The Labute approximate surface area is 215 Å². The van der Waals surface area contributed by atoms with E-state index in [2.05, 4.69) is 37.7 Å². The van der Waals surface area contributed by atoms with Crippen LogP contribution in [0.5, 0.6) is 0 Å². The lowest BCUT2D eigenvalue weighted by atomic mass is 10.0. The molecule has 5 rings (SSSR count). The number of fused-ring (bicyclic) bond motifs is 1. The summed E-state index contributed by atoms with van der Waals surface area (Å²) in [6.45, 7) is 6.23. The van der Waals surface area contributed by atoms with Crippen LogP contribution in [-0.4, -0.2) is 52.1 Å². The molecule has 0 unspecified atom stereocenters. The van der Waals surface area contributed by atoms with Crippen molar-refractivity contribution < 1.29 is 9.32 Å². The lowest BCUT2D eigenvalue weighted by Gasteiger charge is -2.29. The molecular weight excluding hydrogens is 476 g/mol. The molecule has 2 N–H and O–H groups in total. The maximum atomic E-state index is 13.1. The second-order valence-electron chi connectivity index (χ2n) is 9.36. The largest absolute Gasteiger partial charge is 0.365 e. The highest BCUT2D eigenvalue weighted by Crippen LogP contribution is 2.31. The smallest absolute Gasteiger partial charge is 0.289 e. The van der Waals surface area contributed by atoms with E-state index < -0.39 is 0 Å². The number of aryl methyl sites for hydroxylation is 2. The lowest BCUT2D eigenvalue weighted by molar-refractivity contribution is 0.0907. The predicted octanol–water partition coefficient (Wildman–Crippen LogP) is 4.99. The van der Waals surface area contributed by atoms with E-state index >= 15 is 0 Å². The van der Waals surface area contributed by atoms with Crippen LogP contribution < -0.4 is 10.6 Å². The van der Waals surface area contributed by atoms with Crippen LogP contribution in [0.4, 0.5) is 5.82 Å². The fourth-order valence-electron chi connectivity index (χ4n) is 4.65. The molecule has 0 saturated carbocycles. The molecule has 2 aromatic heterocycles. The van der Waals surface area contributed by atoms with Crippen molar-refractivity contribution >= 4 is 34.2 Å². The van der Waals surface area contributed by atoms with Crippen LogP contribution in [0.1, 0.15) is 40.5 Å². The van der Waals surface area contributed by atoms with Gasteiger partial charge in [-0.2, -0.15) is 0 Å². The van der Waals surface area contributed by atoms with Crippen LogP contribution >= 0.6 is 11.6 Å². The molecule has 8 nitrogen and oxygen atoms in total. The maximum absolute atomic E-state index is 13.1. The third-order valence-corrected chi connectivity index (χ3v) is 6.86. The Morgan fingerprint density at radius 1 is 1.14 bits per heavy atom. The summed E-state index contributed by atoms with van der Waals surface area (Å²) in [5, 5.41) is 12.1. The zero-order chi connectivity index (χ0) is 25.2. The fourth-order valence-corrected chi connectivity index (χ4v) is 4.86. The summed E-state index contributed by atoms with van der Waals surface area (Å²) in [6.07, 6.45) is 1.83. The Kier molecular flexibility index (Phi) is 6.89. The maximum Gasteiger partial charge on any atom is 0.289 e. The topological polar surface area (TPSA) is 96.2 Å². The van der Waals surface area contributed by atoms with Crippen molar-refractivity contribution in [2.75, 3.05) is 25.5 Å². The standard InChI is InChI=1S/C27H29ClN6O2/c1-16-24(17(2)36-33-16)19-7-8-23-22(14-19)25(29-15-18-5-4-6-20(28)13-18)32-26(31-23)27(35)30-21-9-11-34(3)12-10-21/h4-8,13-14,21H,9-12,15H2,1-3H3,(H,30,35)(H,29,31,32). The Hall–Kier alpha value is -3.49. The van der Waals surface area contributed by atoms with Gasteiger partial charge in [-0.05, 0) is 82.2 Å². The van der Waals surface area contributed by atoms with Crippen molar-refractivity contribution in [3.63, 3.8) is 0 Å². The van der Waals surface area contributed by atoms with Gasteiger partial charge in [-0.3, -0.25) is 4.79 Å². The molecule has 1 aliphatic rings. The summed E-state index contributed by atoms with van der Waals surface area (Å²) < 4.78 is 5.37. The summed E-state index contributed by atoms with van der Waals surface area (Å²) in [7, 11) is 2.10. The number of carbonyl (C=O) groups excluding carboxylic acids is 1. The van der Waals surface area contributed by atoms with Gasteiger partial charge in [0.25, 0.3) is 5.91 Å². The van der Waals surface area contributed by atoms with E-state index in [0.29, 0.717) is 22.9 Å². The van der Waals surface area contributed by atoms with Gasteiger partial charge in [0.1, 0.15) is 11.6 Å². The summed E-state index contributed by atoms with van der Waals surface area (Å²) >= 11 is 6.17. The number of aromatic nitrogens is 3. The van der Waals surface area contributed by atoms with E-state index in [1.807, 2.05) is 56.3 Å². The quantitative estimate of drug-likeness (QED) is 0.382. The molecule has 9 heteroatoms. The number of nitrogens with one attached hydrogen (secondary N) is 2. The first-order chi connectivity index (χ1) is 17.4. The van der Waals surface area contributed by atoms with Crippen molar-refractivity contribution in [3.05, 3.63) is 70.3 Å². The molecule has 1 fully saturated rings. The third-order valence-electron chi connectivity index (χ3n) is 6.62. The molecule has 1 saturated heterocycles. The molecule has 1 aliphatic heterocycles. The van der Waals surface area contributed by atoms with Gasteiger partial charge in [0.05, 0.1) is 11.2 Å². The van der Waals surface area contributed by atoms with Gasteiger partial charge in [0.2, 0.25) is 5.82 Å². The second-order valence-corrected chi connectivity index (χ2v) is 9.80. The molecule has 186 valence electrons. The molecule has 3 heterocycles. The predicted molar refractivity (Wildman–Crippen MR) is 141 cm³/mol. The number of amides is 1. The SMILES string of the molecule is Cc1noc(C)c1-c1ccc2nc(C(=O)NC3CCN(C)CC3)nc(NCc3cccc(Cl)c3)c2c1. The average Bonchev–Trinajstić information content (AvgIpc) is 3.21. The van der Waals surface area contributed by atoms with E-state index in [1.165, 1.54) is 0 Å². The van der Waals surface area contributed by atoms with Gasteiger partial charge < -0.3 is 20.1 Å². The molecule has 4 aromatic rings. The minimum atomic E-state index is -0.257. The third kappa shape index (κ3) is 5.20. The zero-order valence-corrected chi connectivity index (χ0v) is 21.4. The number of nitrogens with zero attached hydrogens (tertiary/aromatic N) is 4. The van der Waals surface area contributed by atoms with Crippen LogP contribution in [0, 0.1) is 13.8 Å². The van der Waals surface area contributed by atoms with Crippen molar-refractivity contribution in [1.29, 1.82) is 0 Å². The van der Waals surface area contributed by atoms with Crippen LogP contribution in [0.2, 0.25) is 5.02 Å². The van der Waals surface area contributed by atoms with Gasteiger partial charge in [-0.15, -0.1) is 0 Å². The number of halogens is 1. The molecule has 0 aliphatic carbocycles. The van der Waals surface area contributed by atoms with Gasteiger partial charge in [-0.25, -0.2) is 9.97 Å². The molecule has 36 heavy (non-hydrogen) atoms. The number of hydrogen-bond donors (Lipinski definition) is 2. The zero-order valence-electron chi connectivity index (χ0n) is 20.6. The van der Waals surface area contributed by atoms with E-state index in [0.717, 1.165) is 59.5 Å². The van der Waals surface area contributed by atoms with Crippen molar-refractivity contribution in [2.24, 2.45) is 0 Å². The molecule has 0 spiro atoms. The minimum Gasteiger partial charge on any atom is -0.365 e. The minimum absolute atomic E-state index is 0.123. The number of hydrogen-bond acceptors (Lipinski definition) is 7. The molecule has 2 aromatic carbocycles. The van der Waals surface area contributed by atoms with E-state index in [1.54, 1.807) is 0 Å². The Morgan fingerprint density at radius 2 is 1.94 bits per heavy atom. The molecule has 0 radical (unpaired) electrons. The Morgan fingerprint density at radius 3 is 2.67 bits per heavy atom. The van der Waals surface area contributed by atoms with E-state index in [4.69, 9.17) is 16.1 Å². The summed E-state index contributed by atoms with van der Waals surface area (Å²) in [5.74, 6) is 1.23. The first-order valence-electron chi connectivity index (χ1n) is 12.1. The number of likely N-dealkylation sites (tertiary alicyclic amines) is 1. The summed E-state index contributed by atoms with van der Waals surface area (Å²) in [4.78, 5) is 24.7. The van der Waals surface area contributed by atoms with Gasteiger partial charge in [0.15, 0.2) is 0 Å². The van der Waals surface area contributed by atoms with Gasteiger partial charge in [0, 0.05) is 28.6 Å². The van der Waals surface area contributed by atoms with Crippen LogP contribution in [0.25, 0.3) is 22.0 Å². The first-order valence-corrected chi connectivity index (χ1v) is 12.5. The van der Waals surface area contributed by atoms with Crippen LogP contribution in [0.15, 0.2) is 47.0 Å². The highest BCUT2D eigenvalue weighted by molar-refractivity contribution is 6.30. The number of rotatable bonds is 6. The van der Waals surface area contributed by atoms with Gasteiger partial charge in [-0.1, -0.05) is 35.0 Å². The van der Waals surface area contributed by atoms with Crippen LogP contribution in [0.3, 0.4) is 0 Å². The average molecular weight is 505 g/mol. The normalized spacial score (nSPS) is 14.8. The van der Waals surface area contributed by atoms with E-state index in [9.17, 15) is 4.79 Å². The first kappa shape index (κ1) is 24.2. The number of carbonyl (C=O) groups is 1. The summed E-state index contributed by atoms with van der Waals surface area (Å²) in [5.41, 5.74) is 4.41. The fraction of sp³-hybridized carbons (Fsp3) is 0.333. The second kappa shape index (κ2) is 10.2. The molecule has 0 bridgehead atoms.